The fraction of sp³-hybridized carbons (Fsp3) is 0.333. The Balaban J connectivity index is 2.70. The van der Waals surface area contributed by atoms with E-state index in [4.69, 9.17) is 0 Å². The molecule has 1 heterocycles. The summed E-state index contributed by atoms with van der Waals surface area (Å²) in [5, 5.41) is 2.22. The van der Waals surface area contributed by atoms with Crippen LogP contribution in [0, 0.1) is 0 Å². The van der Waals surface area contributed by atoms with Crippen LogP contribution in [0.2, 0.25) is 0 Å². The molecule has 0 aliphatic carbocycles. The Bertz CT molecular complexity index is 377. The fourth-order valence-electron chi connectivity index (χ4n) is 0.882. The van der Waals surface area contributed by atoms with Crippen LogP contribution in [-0.4, -0.2) is 23.1 Å². The lowest BCUT2D eigenvalue weighted by Gasteiger charge is -2.16. The van der Waals surface area contributed by atoms with E-state index in [1.54, 1.807) is 0 Å². The van der Waals surface area contributed by atoms with Crippen molar-refractivity contribution in [1.82, 2.24) is 10.3 Å². The number of halogens is 3. The first kappa shape index (κ1) is 12.8. The predicted octanol–water partition coefficient (Wildman–Crippen LogP) is 2.05. The highest BCUT2D eigenvalue weighted by Gasteiger charge is 2.37. The van der Waals surface area contributed by atoms with Crippen LogP contribution in [0.1, 0.15) is 17.3 Å². The maximum Gasteiger partial charge on any atom is 0.408 e. The quantitative estimate of drug-likeness (QED) is 0.789. The fourth-order valence-corrected chi connectivity index (χ4v) is 1.01. The van der Waals surface area contributed by atoms with E-state index in [0.717, 1.165) is 6.92 Å². The molecule has 0 aromatic carbocycles. The van der Waals surface area contributed by atoms with Gasteiger partial charge in [0.25, 0.3) is 5.91 Å². The number of carbonyl (C=O) groups excluding carboxylic acids is 1. The molecule has 3 nitrogen and oxygen atoms in total. The minimum Gasteiger partial charge on any atom is -0.340 e. The van der Waals surface area contributed by atoms with Crippen molar-refractivity contribution in [3.8, 4) is 0 Å². The Labute approximate surface area is 95.5 Å². The van der Waals surface area contributed by atoms with Crippen molar-refractivity contribution in [2.45, 2.75) is 24.2 Å². The van der Waals surface area contributed by atoms with Crippen LogP contribution in [0.3, 0.4) is 0 Å². The van der Waals surface area contributed by atoms with Crippen molar-refractivity contribution in [3.05, 3.63) is 23.9 Å². The van der Waals surface area contributed by atoms with Gasteiger partial charge in [-0.25, -0.2) is 4.98 Å². The van der Waals surface area contributed by atoms with Gasteiger partial charge in [0.05, 0.1) is 10.6 Å². The van der Waals surface area contributed by atoms with Crippen molar-refractivity contribution in [3.63, 3.8) is 0 Å². The van der Waals surface area contributed by atoms with Crippen LogP contribution in [0.15, 0.2) is 23.4 Å². The zero-order chi connectivity index (χ0) is 12.3. The lowest BCUT2D eigenvalue weighted by atomic mass is 10.2. The van der Waals surface area contributed by atoms with E-state index in [2.05, 4.69) is 17.6 Å². The van der Waals surface area contributed by atoms with Gasteiger partial charge in [0.15, 0.2) is 0 Å². The summed E-state index contributed by atoms with van der Waals surface area (Å²) in [4.78, 5) is 15.0. The summed E-state index contributed by atoms with van der Waals surface area (Å²) in [6.45, 7) is 0.873. The summed E-state index contributed by atoms with van der Waals surface area (Å²) in [5.41, 5.74) is 0.0638. The molecular formula is C9H9F3N2OS. The van der Waals surface area contributed by atoms with Crippen molar-refractivity contribution in [1.29, 1.82) is 0 Å². The maximum atomic E-state index is 12.1. The van der Waals surface area contributed by atoms with E-state index >= 15 is 0 Å². The van der Waals surface area contributed by atoms with E-state index < -0.39 is 18.1 Å². The van der Waals surface area contributed by atoms with E-state index in [1.807, 2.05) is 5.32 Å². The number of amides is 1. The lowest BCUT2D eigenvalue weighted by Crippen LogP contribution is -2.43. The Morgan fingerprint density at radius 1 is 1.50 bits per heavy atom. The highest BCUT2D eigenvalue weighted by molar-refractivity contribution is 7.80. The molecule has 0 bridgehead atoms. The van der Waals surface area contributed by atoms with Crippen LogP contribution in [0.25, 0.3) is 0 Å². The first-order valence-corrected chi connectivity index (χ1v) is 4.78. The SMILES string of the molecule is CC(NC(=O)c1ccc(S)nc1)C(F)(F)F. The first-order chi connectivity index (χ1) is 7.30. The molecule has 1 aromatic rings. The minimum absolute atomic E-state index is 0.0638. The molecule has 0 aliphatic heterocycles. The molecule has 1 amide bonds. The van der Waals surface area contributed by atoms with Crippen molar-refractivity contribution in [2.24, 2.45) is 0 Å². The molecule has 1 atom stereocenters. The van der Waals surface area contributed by atoms with Gasteiger partial charge in [-0.05, 0) is 19.1 Å². The number of nitrogens with zero attached hydrogens (tertiary/aromatic N) is 1. The number of nitrogens with one attached hydrogen (secondary N) is 1. The molecule has 1 N–H and O–H groups in total. The van der Waals surface area contributed by atoms with Crippen molar-refractivity contribution < 1.29 is 18.0 Å². The lowest BCUT2D eigenvalue weighted by molar-refractivity contribution is -0.149. The van der Waals surface area contributed by atoms with E-state index in [1.165, 1.54) is 18.3 Å². The van der Waals surface area contributed by atoms with Gasteiger partial charge in [-0.3, -0.25) is 4.79 Å². The number of hydrogen-bond donors (Lipinski definition) is 2. The van der Waals surface area contributed by atoms with Crippen LogP contribution < -0.4 is 5.32 Å². The highest BCUT2D eigenvalue weighted by atomic mass is 32.1. The standard InChI is InChI=1S/C9H9F3N2OS/c1-5(9(10,11)12)14-8(15)6-2-3-7(16)13-4-6/h2-5H,1H3,(H,13,16)(H,14,15). The molecule has 7 heteroatoms. The van der Waals surface area contributed by atoms with E-state index in [-0.39, 0.29) is 5.56 Å². The summed E-state index contributed by atoms with van der Waals surface area (Å²) in [6, 6.07) is 0.889. The zero-order valence-electron chi connectivity index (χ0n) is 8.25. The molecule has 1 unspecified atom stereocenters. The number of thiol groups is 1. The van der Waals surface area contributed by atoms with Crippen LogP contribution in [0.5, 0.6) is 0 Å². The van der Waals surface area contributed by atoms with Gasteiger partial charge in [0.2, 0.25) is 0 Å². The monoisotopic (exact) mass is 250 g/mol. The van der Waals surface area contributed by atoms with Gasteiger partial charge in [-0.1, -0.05) is 0 Å². The molecule has 0 saturated heterocycles. The molecule has 1 aromatic heterocycles. The van der Waals surface area contributed by atoms with Gasteiger partial charge in [0, 0.05) is 6.20 Å². The van der Waals surface area contributed by atoms with Crippen LogP contribution in [0.4, 0.5) is 13.2 Å². The first-order valence-electron chi connectivity index (χ1n) is 4.33. The van der Waals surface area contributed by atoms with Gasteiger partial charge in [-0.15, -0.1) is 12.6 Å². The second-order valence-electron chi connectivity index (χ2n) is 3.14. The number of pyridine rings is 1. The maximum absolute atomic E-state index is 12.1. The molecule has 1 rings (SSSR count). The molecule has 88 valence electrons. The van der Waals surface area contributed by atoms with Crippen molar-refractivity contribution in [2.75, 3.05) is 0 Å². The predicted molar refractivity (Wildman–Crippen MR) is 54.5 cm³/mol. The average Bonchev–Trinajstić information content (AvgIpc) is 2.17. The normalized spacial score (nSPS) is 13.3. The summed E-state index contributed by atoms with van der Waals surface area (Å²) in [7, 11) is 0. The third-order valence-electron chi connectivity index (χ3n) is 1.85. The van der Waals surface area contributed by atoms with Crippen molar-refractivity contribution >= 4 is 18.5 Å². The molecule has 0 spiro atoms. The summed E-state index contributed by atoms with van der Waals surface area (Å²) >= 11 is 3.89. The van der Waals surface area contributed by atoms with Crippen LogP contribution >= 0.6 is 12.6 Å². The van der Waals surface area contributed by atoms with E-state index in [0.29, 0.717) is 5.03 Å². The highest BCUT2D eigenvalue weighted by Crippen LogP contribution is 2.19. The molecular weight excluding hydrogens is 241 g/mol. The summed E-state index contributed by atoms with van der Waals surface area (Å²) in [6.07, 6.45) is -3.28. The topological polar surface area (TPSA) is 42.0 Å². The number of alkyl halides is 3. The van der Waals surface area contributed by atoms with E-state index in [9.17, 15) is 18.0 Å². The Morgan fingerprint density at radius 2 is 2.12 bits per heavy atom. The van der Waals surface area contributed by atoms with Crippen LogP contribution in [-0.2, 0) is 0 Å². The molecule has 16 heavy (non-hydrogen) atoms. The third kappa shape index (κ3) is 3.41. The smallest absolute Gasteiger partial charge is 0.340 e. The zero-order valence-corrected chi connectivity index (χ0v) is 9.14. The summed E-state index contributed by atoms with van der Waals surface area (Å²) in [5.74, 6) is -0.814. The molecule has 0 fully saturated rings. The Kier molecular flexibility index (Phi) is 3.79. The molecule has 0 saturated carbocycles. The minimum atomic E-state index is -4.45. The van der Waals surface area contributed by atoms with Gasteiger partial charge in [0.1, 0.15) is 6.04 Å². The molecule has 0 radical (unpaired) electrons. The summed E-state index contributed by atoms with van der Waals surface area (Å²) < 4.78 is 36.4. The molecule has 0 aliphatic rings. The number of carbonyl (C=O) groups is 1. The second-order valence-corrected chi connectivity index (χ2v) is 3.60. The number of rotatable bonds is 2. The number of hydrogen-bond acceptors (Lipinski definition) is 3. The Hall–Kier alpha value is -1.24. The second kappa shape index (κ2) is 4.73. The van der Waals surface area contributed by atoms with Gasteiger partial charge >= 0.3 is 6.18 Å². The largest absolute Gasteiger partial charge is 0.408 e. The van der Waals surface area contributed by atoms with Gasteiger partial charge < -0.3 is 5.32 Å². The third-order valence-corrected chi connectivity index (χ3v) is 2.11. The number of aromatic nitrogens is 1. The Morgan fingerprint density at radius 3 is 2.56 bits per heavy atom. The average molecular weight is 250 g/mol. The van der Waals surface area contributed by atoms with Gasteiger partial charge in [-0.2, -0.15) is 13.2 Å².